The van der Waals surface area contributed by atoms with Gasteiger partial charge in [0.15, 0.2) is 0 Å². The van der Waals surface area contributed by atoms with Crippen molar-refractivity contribution in [3.05, 3.63) is 30.0 Å². The van der Waals surface area contributed by atoms with Gasteiger partial charge in [0.2, 0.25) is 5.91 Å². The third-order valence-electron chi connectivity index (χ3n) is 3.13. The van der Waals surface area contributed by atoms with Crippen LogP contribution in [0.1, 0.15) is 12.0 Å². The summed E-state index contributed by atoms with van der Waals surface area (Å²) in [5.74, 6) is 0.186. The Morgan fingerprint density at radius 3 is 3.18 bits per heavy atom. The maximum atomic E-state index is 11.7. The van der Waals surface area contributed by atoms with E-state index in [1.807, 2.05) is 29.3 Å². The molecule has 1 amide bonds. The second-order valence-corrected chi connectivity index (χ2v) is 5.11. The normalized spacial score (nSPS) is 20.4. The second kappa shape index (κ2) is 4.07. The molecule has 1 aromatic heterocycles. The Balaban J connectivity index is 1.90. The molecule has 0 bridgehead atoms. The predicted octanol–water partition coefficient (Wildman–Crippen LogP) is 1.59. The number of hydrogen-bond acceptors (Lipinski definition) is 3. The highest BCUT2D eigenvalue weighted by Crippen LogP contribution is 2.22. The first-order valence-electron chi connectivity index (χ1n) is 5.61. The van der Waals surface area contributed by atoms with E-state index in [1.165, 1.54) is 0 Å². The first kappa shape index (κ1) is 10.7. The molecule has 1 atom stereocenters. The molecule has 5 heteroatoms. The Kier molecular flexibility index (Phi) is 2.55. The van der Waals surface area contributed by atoms with Crippen molar-refractivity contribution in [3.63, 3.8) is 0 Å². The van der Waals surface area contributed by atoms with Gasteiger partial charge in [-0.15, -0.1) is 0 Å². The van der Waals surface area contributed by atoms with Crippen LogP contribution in [0.5, 0.6) is 0 Å². The molecule has 1 aromatic carbocycles. The Bertz CT molecular complexity index is 566. The smallest absolute Gasteiger partial charge is 0.224 e. The van der Waals surface area contributed by atoms with E-state index in [0.29, 0.717) is 13.0 Å². The molecule has 1 unspecified atom stereocenters. The number of H-pyrrole nitrogens is 1. The maximum absolute atomic E-state index is 11.7. The first-order valence-corrected chi connectivity index (χ1v) is 6.12. The lowest BCUT2D eigenvalue weighted by atomic mass is 10.1. The summed E-state index contributed by atoms with van der Waals surface area (Å²) in [6.45, 7) is 1.38. The summed E-state index contributed by atoms with van der Waals surface area (Å²) >= 11 is 4.36. The number of nitrogens with one attached hydrogen (secondary N) is 1. The van der Waals surface area contributed by atoms with Crippen molar-refractivity contribution in [2.75, 3.05) is 6.54 Å². The van der Waals surface area contributed by atoms with Crippen molar-refractivity contribution in [3.8, 4) is 0 Å². The summed E-state index contributed by atoms with van der Waals surface area (Å²) in [4.78, 5) is 13.6. The molecule has 0 spiro atoms. The van der Waals surface area contributed by atoms with Gasteiger partial charge in [-0.2, -0.15) is 17.7 Å². The maximum Gasteiger partial charge on any atom is 0.224 e. The molecule has 1 saturated heterocycles. The molecule has 0 saturated carbocycles. The number of likely N-dealkylation sites (tertiary alicyclic amines) is 1. The number of carbonyl (C=O) groups is 1. The molecule has 2 heterocycles. The van der Waals surface area contributed by atoms with Crippen LogP contribution in [0.4, 0.5) is 0 Å². The Morgan fingerprint density at radius 1 is 1.53 bits per heavy atom. The molecule has 88 valence electrons. The highest BCUT2D eigenvalue weighted by atomic mass is 32.1. The number of nitrogens with zero attached hydrogens (tertiary/aromatic N) is 2. The zero-order valence-corrected chi connectivity index (χ0v) is 10.2. The number of thiol groups is 1. The van der Waals surface area contributed by atoms with Crippen LogP contribution in [0, 0.1) is 0 Å². The minimum atomic E-state index is 0.172. The van der Waals surface area contributed by atoms with E-state index in [9.17, 15) is 4.79 Å². The van der Waals surface area contributed by atoms with Crippen LogP contribution >= 0.6 is 12.6 Å². The van der Waals surface area contributed by atoms with E-state index < -0.39 is 0 Å². The summed E-state index contributed by atoms with van der Waals surface area (Å²) in [5, 5.41) is 8.22. The minimum Gasteiger partial charge on any atom is -0.337 e. The van der Waals surface area contributed by atoms with Crippen LogP contribution in [0.3, 0.4) is 0 Å². The lowest BCUT2D eigenvalue weighted by Gasteiger charge is -2.16. The third-order valence-corrected chi connectivity index (χ3v) is 3.48. The van der Waals surface area contributed by atoms with E-state index >= 15 is 0 Å². The van der Waals surface area contributed by atoms with Crippen LogP contribution in [0.15, 0.2) is 24.4 Å². The molecular formula is C12H13N3OS. The zero-order chi connectivity index (χ0) is 11.8. The molecule has 0 aliphatic carbocycles. The Hall–Kier alpha value is -1.49. The zero-order valence-electron chi connectivity index (χ0n) is 9.26. The van der Waals surface area contributed by atoms with Crippen LogP contribution in [0.25, 0.3) is 10.9 Å². The fourth-order valence-corrected chi connectivity index (χ4v) is 2.63. The van der Waals surface area contributed by atoms with E-state index in [4.69, 9.17) is 0 Å². The van der Waals surface area contributed by atoms with Gasteiger partial charge >= 0.3 is 0 Å². The summed E-state index contributed by atoms with van der Waals surface area (Å²) in [7, 11) is 0. The van der Waals surface area contributed by atoms with Crippen molar-refractivity contribution in [1.82, 2.24) is 15.1 Å². The highest BCUT2D eigenvalue weighted by molar-refractivity contribution is 7.81. The number of amides is 1. The molecule has 1 aliphatic heterocycles. The van der Waals surface area contributed by atoms with Crippen LogP contribution in [-0.4, -0.2) is 32.8 Å². The van der Waals surface area contributed by atoms with Crippen LogP contribution in [-0.2, 0) is 11.3 Å². The fraction of sp³-hybridized carbons (Fsp3) is 0.333. The van der Waals surface area contributed by atoms with Crippen molar-refractivity contribution < 1.29 is 4.79 Å². The van der Waals surface area contributed by atoms with Crippen molar-refractivity contribution in [2.24, 2.45) is 0 Å². The molecule has 1 fully saturated rings. The first-order chi connectivity index (χ1) is 8.24. The third kappa shape index (κ3) is 1.91. The van der Waals surface area contributed by atoms with E-state index in [0.717, 1.165) is 23.0 Å². The van der Waals surface area contributed by atoms with Gasteiger partial charge in [-0.05, 0) is 11.6 Å². The lowest BCUT2D eigenvalue weighted by molar-refractivity contribution is -0.128. The number of aromatic nitrogens is 2. The molecule has 17 heavy (non-hydrogen) atoms. The van der Waals surface area contributed by atoms with Gasteiger partial charge in [-0.25, -0.2) is 0 Å². The topological polar surface area (TPSA) is 49.0 Å². The second-order valence-electron chi connectivity index (χ2n) is 4.38. The summed E-state index contributed by atoms with van der Waals surface area (Å²) in [5.41, 5.74) is 2.14. The highest BCUT2D eigenvalue weighted by Gasteiger charge is 2.27. The van der Waals surface area contributed by atoms with E-state index in [-0.39, 0.29) is 11.2 Å². The average Bonchev–Trinajstić information content (AvgIpc) is 2.87. The SMILES string of the molecule is O=C1CC(S)CN1Cc1cccc2[nH]ncc12. The van der Waals surface area contributed by atoms with Crippen molar-refractivity contribution in [1.29, 1.82) is 0 Å². The Labute approximate surface area is 104 Å². The molecule has 2 aromatic rings. The predicted molar refractivity (Wildman–Crippen MR) is 68.9 cm³/mol. The molecule has 0 radical (unpaired) electrons. The Morgan fingerprint density at radius 2 is 2.41 bits per heavy atom. The number of hydrogen-bond donors (Lipinski definition) is 2. The van der Waals surface area contributed by atoms with Gasteiger partial charge in [0.25, 0.3) is 0 Å². The summed E-state index contributed by atoms with van der Waals surface area (Å²) in [6, 6.07) is 6.00. The lowest BCUT2D eigenvalue weighted by Crippen LogP contribution is -2.24. The van der Waals surface area contributed by atoms with Gasteiger partial charge in [0.05, 0.1) is 11.7 Å². The quantitative estimate of drug-likeness (QED) is 0.792. The summed E-state index contributed by atoms with van der Waals surface area (Å²) < 4.78 is 0. The molecular weight excluding hydrogens is 234 g/mol. The van der Waals surface area contributed by atoms with Crippen molar-refractivity contribution in [2.45, 2.75) is 18.2 Å². The van der Waals surface area contributed by atoms with Gasteiger partial charge in [-0.1, -0.05) is 12.1 Å². The number of carbonyl (C=O) groups excluding carboxylic acids is 1. The van der Waals surface area contributed by atoms with Gasteiger partial charge in [0, 0.05) is 30.1 Å². The van der Waals surface area contributed by atoms with Crippen molar-refractivity contribution >= 4 is 29.4 Å². The van der Waals surface area contributed by atoms with E-state index in [2.05, 4.69) is 22.8 Å². The van der Waals surface area contributed by atoms with E-state index in [1.54, 1.807) is 0 Å². The number of aromatic amines is 1. The van der Waals surface area contributed by atoms with Gasteiger partial charge in [0.1, 0.15) is 0 Å². The summed E-state index contributed by atoms with van der Waals surface area (Å²) in [6.07, 6.45) is 2.36. The fourth-order valence-electron chi connectivity index (χ4n) is 2.28. The van der Waals surface area contributed by atoms with Gasteiger partial charge in [-0.3, -0.25) is 9.89 Å². The average molecular weight is 247 g/mol. The van der Waals surface area contributed by atoms with Gasteiger partial charge < -0.3 is 4.90 Å². The molecule has 3 rings (SSSR count). The molecule has 4 nitrogen and oxygen atoms in total. The monoisotopic (exact) mass is 247 g/mol. The standard InChI is InChI=1S/C12H13N3OS/c16-12-4-9(17)7-15(12)6-8-2-1-3-11-10(8)5-13-14-11/h1-3,5,9,17H,4,6-7H2,(H,13,14). The number of fused-ring (bicyclic) bond motifs is 1. The largest absolute Gasteiger partial charge is 0.337 e. The minimum absolute atomic E-state index is 0.172. The molecule has 1 N–H and O–H groups in total. The molecule has 1 aliphatic rings. The number of benzene rings is 1. The van der Waals surface area contributed by atoms with Crippen LogP contribution < -0.4 is 0 Å². The number of rotatable bonds is 2. The van der Waals surface area contributed by atoms with Crippen LogP contribution in [0.2, 0.25) is 0 Å².